The molecule has 11 heteroatoms. The van der Waals surface area contributed by atoms with Crippen LogP contribution in [0.5, 0.6) is 0 Å². The van der Waals surface area contributed by atoms with Gasteiger partial charge < -0.3 is 19.8 Å². The monoisotopic (exact) mass is 545 g/mol. The van der Waals surface area contributed by atoms with Crippen LogP contribution in [0.3, 0.4) is 0 Å². The number of anilines is 1. The number of aliphatic hydroxyl groups is 1. The first-order chi connectivity index (χ1) is 19.1. The molecule has 0 spiro atoms. The van der Waals surface area contributed by atoms with Gasteiger partial charge in [0.15, 0.2) is 5.65 Å². The molecule has 3 saturated heterocycles. The smallest absolute Gasteiger partial charge is 0.264 e. The van der Waals surface area contributed by atoms with Gasteiger partial charge in [-0.2, -0.15) is 5.10 Å². The molecule has 0 radical (unpaired) electrons. The van der Waals surface area contributed by atoms with E-state index in [1.165, 1.54) is 17.1 Å². The summed E-state index contributed by atoms with van der Waals surface area (Å²) in [5.74, 6) is 0.330. The van der Waals surface area contributed by atoms with Crippen molar-refractivity contribution in [1.29, 1.82) is 0 Å². The summed E-state index contributed by atoms with van der Waals surface area (Å²) in [5, 5.41) is 16.1. The summed E-state index contributed by atoms with van der Waals surface area (Å²) in [7, 11) is 0. The van der Waals surface area contributed by atoms with Gasteiger partial charge in [0.2, 0.25) is 11.8 Å². The molecule has 1 N–H and O–H groups in total. The van der Waals surface area contributed by atoms with Crippen molar-refractivity contribution in [2.24, 2.45) is 5.41 Å². The molecule has 2 aromatic heterocycles. The maximum Gasteiger partial charge on any atom is 0.264 e. The average molecular weight is 546 g/mol. The van der Waals surface area contributed by atoms with Crippen LogP contribution in [0, 0.1) is 5.41 Å². The molecule has 7 rings (SSSR count). The van der Waals surface area contributed by atoms with Crippen molar-refractivity contribution >= 4 is 28.5 Å². The molecular weight excluding hydrogens is 510 g/mol. The molecule has 3 aromatic rings. The van der Waals surface area contributed by atoms with E-state index in [-0.39, 0.29) is 35.4 Å². The summed E-state index contributed by atoms with van der Waals surface area (Å²) in [4.78, 5) is 48.6. The van der Waals surface area contributed by atoms with Gasteiger partial charge in [-0.3, -0.25) is 19.0 Å². The Labute approximate surface area is 232 Å². The van der Waals surface area contributed by atoms with Crippen LogP contribution < -0.4 is 10.5 Å². The van der Waals surface area contributed by atoms with E-state index in [1.807, 2.05) is 28.9 Å². The van der Waals surface area contributed by atoms with Crippen molar-refractivity contribution in [3.05, 3.63) is 47.1 Å². The Morgan fingerprint density at radius 3 is 2.35 bits per heavy atom. The Balaban J connectivity index is 1.05. The highest BCUT2D eigenvalue weighted by Crippen LogP contribution is 2.47. The first-order valence-corrected chi connectivity index (χ1v) is 14.2. The van der Waals surface area contributed by atoms with E-state index in [4.69, 9.17) is 0 Å². The van der Waals surface area contributed by atoms with Crippen molar-refractivity contribution in [1.82, 2.24) is 29.1 Å². The van der Waals surface area contributed by atoms with E-state index < -0.39 is 5.60 Å². The Kier molecular flexibility index (Phi) is 5.61. The molecule has 3 aliphatic heterocycles. The fourth-order valence-corrected chi connectivity index (χ4v) is 6.79. The number of rotatable bonds is 5. The van der Waals surface area contributed by atoms with E-state index in [0.717, 1.165) is 43.7 Å². The standard InChI is InChI=1S/C29H35N7O4/c1-19(37)34-15-23-13-22(34)16-35(23)20-3-5-21(6-4-20)36-25-24(14-31-36)26(38)33(18-30-25)17-29(40)9-11-32(12-10-29)27(39)28(2)7-8-28/h3-6,14,18,22-23,40H,7-13,15-17H2,1-2H3/t22-,23-/m1/s1. The molecule has 4 aliphatic rings. The van der Waals surface area contributed by atoms with Gasteiger partial charge in [0, 0.05) is 50.2 Å². The lowest BCUT2D eigenvalue weighted by Crippen LogP contribution is -2.51. The molecule has 1 aliphatic carbocycles. The minimum absolute atomic E-state index is 0.132. The summed E-state index contributed by atoms with van der Waals surface area (Å²) in [6, 6.07) is 8.68. The molecule has 40 heavy (non-hydrogen) atoms. The Bertz CT molecular complexity index is 1550. The normalized spacial score (nSPS) is 24.6. The van der Waals surface area contributed by atoms with Crippen molar-refractivity contribution < 1.29 is 14.7 Å². The fourth-order valence-electron chi connectivity index (χ4n) is 6.79. The SMILES string of the molecule is CC(=O)N1C[C@H]2C[C@@H]1CN2c1ccc(-n2ncc3c(=O)n(CC4(O)CCN(C(=O)C5(C)CC5)CC4)cnc32)cc1. The molecule has 0 unspecified atom stereocenters. The van der Waals surface area contributed by atoms with Crippen LogP contribution in [0.15, 0.2) is 41.6 Å². The van der Waals surface area contributed by atoms with Gasteiger partial charge in [0.1, 0.15) is 11.7 Å². The van der Waals surface area contributed by atoms with Gasteiger partial charge in [-0.1, -0.05) is 6.92 Å². The number of hydrogen-bond donors (Lipinski definition) is 1. The molecule has 2 bridgehead atoms. The minimum Gasteiger partial charge on any atom is -0.388 e. The van der Waals surface area contributed by atoms with Crippen molar-refractivity contribution in [3.8, 4) is 5.69 Å². The third-order valence-corrected chi connectivity index (χ3v) is 9.59. The number of carbonyl (C=O) groups excluding carboxylic acids is 2. The topological polar surface area (TPSA) is 117 Å². The van der Waals surface area contributed by atoms with Gasteiger partial charge in [-0.25, -0.2) is 9.67 Å². The van der Waals surface area contributed by atoms with Gasteiger partial charge >= 0.3 is 0 Å². The molecule has 11 nitrogen and oxygen atoms in total. The molecule has 210 valence electrons. The number of aromatic nitrogens is 4. The van der Waals surface area contributed by atoms with Crippen LogP contribution in [-0.2, 0) is 16.1 Å². The second-order valence-electron chi connectivity index (χ2n) is 12.4. The molecule has 1 saturated carbocycles. The van der Waals surface area contributed by atoms with Crippen LogP contribution in [0.2, 0.25) is 0 Å². The van der Waals surface area contributed by atoms with Crippen LogP contribution >= 0.6 is 0 Å². The number of benzene rings is 1. The van der Waals surface area contributed by atoms with Crippen LogP contribution in [-0.4, -0.2) is 89.9 Å². The first-order valence-electron chi connectivity index (χ1n) is 14.2. The predicted octanol–water partition coefficient (Wildman–Crippen LogP) is 1.55. The van der Waals surface area contributed by atoms with Crippen LogP contribution in [0.4, 0.5) is 5.69 Å². The lowest BCUT2D eigenvalue weighted by atomic mass is 9.90. The summed E-state index contributed by atoms with van der Waals surface area (Å²) in [6.45, 7) is 6.39. The number of hydrogen-bond acceptors (Lipinski definition) is 7. The lowest BCUT2D eigenvalue weighted by Gasteiger charge is -2.39. The highest BCUT2D eigenvalue weighted by atomic mass is 16.3. The zero-order chi connectivity index (χ0) is 27.8. The largest absolute Gasteiger partial charge is 0.388 e. The van der Waals surface area contributed by atoms with E-state index in [1.54, 1.807) is 11.6 Å². The molecule has 5 heterocycles. The summed E-state index contributed by atoms with van der Waals surface area (Å²) >= 11 is 0. The minimum atomic E-state index is -1.07. The maximum absolute atomic E-state index is 13.3. The highest BCUT2D eigenvalue weighted by molar-refractivity contribution is 5.85. The lowest BCUT2D eigenvalue weighted by molar-refractivity contribution is -0.141. The molecule has 2 amide bonds. The Morgan fingerprint density at radius 1 is 1.02 bits per heavy atom. The molecule has 2 atom stereocenters. The molecule has 4 fully saturated rings. The third kappa shape index (κ3) is 4.09. The Hall–Kier alpha value is -3.73. The Morgan fingerprint density at radius 2 is 1.73 bits per heavy atom. The van der Waals surface area contributed by atoms with E-state index >= 15 is 0 Å². The second-order valence-corrected chi connectivity index (χ2v) is 12.4. The highest BCUT2D eigenvalue weighted by Gasteiger charge is 2.48. The number of piperazine rings is 1. The van der Waals surface area contributed by atoms with E-state index in [9.17, 15) is 19.5 Å². The van der Waals surface area contributed by atoms with Gasteiger partial charge in [0.05, 0.1) is 30.1 Å². The quantitative estimate of drug-likeness (QED) is 0.517. The second kappa shape index (κ2) is 8.89. The number of likely N-dealkylation sites (tertiary alicyclic amines) is 2. The number of nitrogens with zero attached hydrogens (tertiary/aromatic N) is 7. The number of fused-ring (bicyclic) bond motifs is 3. The fraction of sp³-hybridized carbons (Fsp3) is 0.552. The van der Waals surface area contributed by atoms with Crippen LogP contribution in [0.1, 0.15) is 46.0 Å². The van der Waals surface area contributed by atoms with E-state index in [0.29, 0.717) is 43.0 Å². The van der Waals surface area contributed by atoms with E-state index in [2.05, 4.69) is 27.1 Å². The maximum atomic E-state index is 13.3. The first kappa shape index (κ1) is 25.3. The van der Waals surface area contributed by atoms with Crippen LogP contribution in [0.25, 0.3) is 16.7 Å². The molecule has 1 aromatic carbocycles. The predicted molar refractivity (Wildman–Crippen MR) is 148 cm³/mol. The molecular formula is C29H35N7O4. The number of piperidine rings is 1. The van der Waals surface area contributed by atoms with Gasteiger partial charge in [-0.15, -0.1) is 0 Å². The zero-order valence-electron chi connectivity index (χ0n) is 23.0. The van der Waals surface area contributed by atoms with Gasteiger partial charge in [0.25, 0.3) is 5.56 Å². The van der Waals surface area contributed by atoms with Crippen molar-refractivity contribution in [3.63, 3.8) is 0 Å². The third-order valence-electron chi connectivity index (χ3n) is 9.59. The van der Waals surface area contributed by atoms with Crippen molar-refractivity contribution in [2.45, 2.75) is 70.2 Å². The number of amides is 2. The van der Waals surface area contributed by atoms with Crippen molar-refractivity contribution in [2.75, 3.05) is 31.1 Å². The zero-order valence-corrected chi connectivity index (χ0v) is 23.0. The number of carbonyl (C=O) groups is 2. The summed E-state index contributed by atoms with van der Waals surface area (Å²) < 4.78 is 3.12. The summed E-state index contributed by atoms with van der Waals surface area (Å²) in [5.41, 5.74) is 0.859. The van der Waals surface area contributed by atoms with Gasteiger partial charge in [-0.05, 0) is 56.4 Å². The average Bonchev–Trinajstić information content (AvgIpc) is 3.28. The summed E-state index contributed by atoms with van der Waals surface area (Å²) in [6.07, 6.45) is 6.75.